The zero-order valence-electron chi connectivity index (χ0n) is 10.4. The van der Waals surface area contributed by atoms with Crippen LogP contribution >= 0.6 is 0 Å². The number of carbonyl (C=O) groups is 2. The lowest BCUT2D eigenvalue weighted by Gasteiger charge is -2.34. The van der Waals surface area contributed by atoms with Crippen LogP contribution in [0.25, 0.3) is 0 Å². The highest BCUT2D eigenvalue weighted by atomic mass is 16.2. The van der Waals surface area contributed by atoms with Crippen molar-refractivity contribution in [1.29, 1.82) is 0 Å². The van der Waals surface area contributed by atoms with Crippen LogP contribution in [0.2, 0.25) is 0 Å². The second-order valence-corrected chi connectivity index (χ2v) is 5.05. The van der Waals surface area contributed by atoms with Crippen molar-refractivity contribution in [1.82, 2.24) is 15.1 Å². The molecule has 0 aromatic rings. The molecule has 1 N–H and O–H groups in total. The highest BCUT2D eigenvalue weighted by Crippen LogP contribution is 2.24. The lowest BCUT2D eigenvalue weighted by molar-refractivity contribution is -0.124. The van der Waals surface area contributed by atoms with Crippen LogP contribution in [0.5, 0.6) is 0 Å². The van der Waals surface area contributed by atoms with Crippen molar-refractivity contribution in [2.75, 3.05) is 26.9 Å². The van der Waals surface area contributed by atoms with Crippen molar-refractivity contribution in [3.05, 3.63) is 0 Å². The molecule has 0 aromatic carbocycles. The van der Waals surface area contributed by atoms with Crippen LogP contribution < -0.4 is 5.32 Å². The molecule has 1 aliphatic heterocycles. The molecule has 5 nitrogen and oxygen atoms in total. The van der Waals surface area contributed by atoms with Crippen molar-refractivity contribution in [3.8, 4) is 0 Å². The van der Waals surface area contributed by atoms with Gasteiger partial charge in [0.25, 0.3) is 0 Å². The Morgan fingerprint density at radius 3 is 2.71 bits per heavy atom. The smallest absolute Gasteiger partial charge is 0.315 e. The lowest BCUT2D eigenvalue weighted by Crippen LogP contribution is -2.56. The average molecular weight is 239 g/mol. The van der Waals surface area contributed by atoms with E-state index in [0.717, 1.165) is 25.7 Å². The molecule has 0 spiro atoms. The Hall–Kier alpha value is -1.10. The van der Waals surface area contributed by atoms with Gasteiger partial charge in [0.15, 0.2) is 5.78 Å². The van der Waals surface area contributed by atoms with Crippen LogP contribution in [0.1, 0.15) is 32.1 Å². The molecule has 0 radical (unpaired) electrons. The Morgan fingerprint density at radius 2 is 2.00 bits per heavy atom. The van der Waals surface area contributed by atoms with Crippen LogP contribution in [0.3, 0.4) is 0 Å². The minimum absolute atomic E-state index is 0.0482. The lowest BCUT2D eigenvalue weighted by atomic mass is 9.86. The number of hydrogen-bond donors (Lipinski definition) is 1. The molecule has 5 heteroatoms. The Bertz CT molecular complexity index is 300. The van der Waals surface area contributed by atoms with Gasteiger partial charge in [-0.1, -0.05) is 19.3 Å². The van der Waals surface area contributed by atoms with Gasteiger partial charge in [-0.3, -0.25) is 10.1 Å². The van der Waals surface area contributed by atoms with Crippen LogP contribution in [0, 0.1) is 5.92 Å². The second-order valence-electron chi connectivity index (χ2n) is 5.05. The maximum absolute atomic E-state index is 12.1. The molecule has 2 rings (SSSR count). The van der Waals surface area contributed by atoms with Crippen molar-refractivity contribution in [2.45, 2.75) is 32.1 Å². The Balaban J connectivity index is 1.86. The van der Waals surface area contributed by atoms with E-state index in [1.165, 1.54) is 6.42 Å². The van der Waals surface area contributed by atoms with E-state index >= 15 is 0 Å². The first-order chi connectivity index (χ1) is 8.18. The maximum Gasteiger partial charge on any atom is 0.322 e. The summed E-state index contributed by atoms with van der Waals surface area (Å²) in [5, 5.41) is 3.10. The molecule has 2 fully saturated rings. The van der Waals surface area contributed by atoms with E-state index in [1.54, 1.807) is 16.8 Å². The fourth-order valence-electron chi connectivity index (χ4n) is 2.59. The van der Waals surface area contributed by atoms with Gasteiger partial charge in [0.2, 0.25) is 0 Å². The minimum Gasteiger partial charge on any atom is -0.315 e. The topological polar surface area (TPSA) is 52.6 Å². The monoisotopic (exact) mass is 239 g/mol. The normalized spacial score (nSPS) is 23.0. The number of rotatable bonds is 3. The number of nitrogens with one attached hydrogen (secondary N) is 1. The number of urea groups is 1. The third-order valence-electron chi connectivity index (χ3n) is 3.66. The van der Waals surface area contributed by atoms with Crippen molar-refractivity contribution in [2.24, 2.45) is 5.92 Å². The van der Waals surface area contributed by atoms with E-state index in [4.69, 9.17) is 0 Å². The molecule has 0 aromatic heterocycles. The van der Waals surface area contributed by atoms with Crippen molar-refractivity contribution < 1.29 is 9.59 Å². The molecule has 1 aliphatic carbocycles. The standard InChI is InChI=1S/C12H21N3O2/c1-14-8-13-9-15(12(14)17)7-11(16)10-5-3-2-4-6-10/h10,13H,2-9H2,1H3. The first-order valence-electron chi connectivity index (χ1n) is 6.42. The van der Waals surface area contributed by atoms with E-state index in [0.29, 0.717) is 13.3 Å². The third-order valence-corrected chi connectivity index (χ3v) is 3.66. The van der Waals surface area contributed by atoms with Crippen molar-refractivity contribution >= 4 is 11.8 Å². The molecule has 1 heterocycles. The summed E-state index contributed by atoms with van der Waals surface area (Å²) in [7, 11) is 1.74. The van der Waals surface area contributed by atoms with Gasteiger partial charge in [-0.15, -0.1) is 0 Å². The minimum atomic E-state index is -0.0482. The molecule has 1 saturated carbocycles. The zero-order valence-corrected chi connectivity index (χ0v) is 10.4. The van der Waals surface area contributed by atoms with Gasteiger partial charge in [0.1, 0.15) is 0 Å². The van der Waals surface area contributed by atoms with Crippen LogP contribution in [-0.4, -0.2) is 48.5 Å². The first kappa shape index (κ1) is 12.4. The second kappa shape index (κ2) is 5.49. The predicted octanol–water partition coefficient (Wildman–Crippen LogP) is 1.01. The molecule has 1 saturated heterocycles. The van der Waals surface area contributed by atoms with E-state index in [9.17, 15) is 9.59 Å². The largest absolute Gasteiger partial charge is 0.322 e. The van der Waals surface area contributed by atoms with Gasteiger partial charge >= 0.3 is 6.03 Å². The Labute approximate surface area is 102 Å². The molecule has 0 atom stereocenters. The molecule has 2 amide bonds. The SMILES string of the molecule is CN1CNCN(CC(=O)C2CCCCC2)C1=O. The quantitative estimate of drug-likeness (QED) is 0.799. The molecule has 2 aliphatic rings. The Kier molecular flexibility index (Phi) is 3.99. The Morgan fingerprint density at radius 1 is 1.29 bits per heavy atom. The van der Waals surface area contributed by atoms with Gasteiger partial charge in [0.05, 0.1) is 19.9 Å². The van der Waals surface area contributed by atoms with Gasteiger partial charge < -0.3 is 9.80 Å². The number of carbonyl (C=O) groups excluding carboxylic acids is 2. The summed E-state index contributed by atoms with van der Waals surface area (Å²) in [4.78, 5) is 27.1. The summed E-state index contributed by atoms with van der Waals surface area (Å²) >= 11 is 0. The predicted molar refractivity (Wildman–Crippen MR) is 64.3 cm³/mol. The van der Waals surface area contributed by atoms with Gasteiger partial charge in [0, 0.05) is 13.0 Å². The van der Waals surface area contributed by atoms with Gasteiger partial charge in [-0.2, -0.15) is 0 Å². The molecular weight excluding hydrogens is 218 g/mol. The summed E-state index contributed by atoms with van der Waals surface area (Å²) in [6.07, 6.45) is 5.57. The summed E-state index contributed by atoms with van der Waals surface area (Å²) in [5.74, 6) is 0.416. The number of hydrogen-bond acceptors (Lipinski definition) is 3. The number of nitrogens with zero attached hydrogens (tertiary/aromatic N) is 2. The van der Waals surface area contributed by atoms with E-state index in [2.05, 4.69) is 5.32 Å². The number of Topliss-reactive ketones (excluding diaryl/α,β-unsaturated/α-hetero) is 1. The van der Waals surface area contributed by atoms with Crippen molar-refractivity contribution in [3.63, 3.8) is 0 Å². The first-order valence-corrected chi connectivity index (χ1v) is 6.42. The van der Waals surface area contributed by atoms with Crippen LogP contribution in [0.4, 0.5) is 4.79 Å². The van der Waals surface area contributed by atoms with Gasteiger partial charge in [-0.25, -0.2) is 4.79 Å². The molecule has 0 bridgehead atoms. The number of amides is 2. The fraction of sp³-hybridized carbons (Fsp3) is 0.833. The van der Waals surface area contributed by atoms with E-state index < -0.39 is 0 Å². The molecule has 96 valence electrons. The average Bonchev–Trinajstić information content (AvgIpc) is 2.36. The van der Waals surface area contributed by atoms with Crippen LogP contribution in [0.15, 0.2) is 0 Å². The molecular formula is C12H21N3O2. The van der Waals surface area contributed by atoms with E-state index in [1.807, 2.05) is 0 Å². The van der Waals surface area contributed by atoms with Gasteiger partial charge in [-0.05, 0) is 12.8 Å². The van der Waals surface area contributed by atoms with Crippen LogP contribution in [-0.2, 0) is 4.79 Å². The third kappa shape index (κ3) is 2.97. The zero-order chi connectivity index (χ0) is 12.3. The summed E-state index contributed by atoms with van der Waals surface area (Å²) in [6.45, 7) is 1.31. The summed E-state index contributed by atoms with van der Waals surface area (Å²) in [6, 6.07) is -0.0482. The van der Waals surface area contributed by atoms with E-state index in [-0.39, 0.29) is 24.3 Å². The molecule has 17 heavy (non-hydrogen) atoms. The number of ketones is 1. The maximum atomic E-state index is 12.1. The summed E-state index contributed by atoms with van der Waals surface area (Å²) < 4.78 is 0. The molecule has 0 unspecified atom stereocenters. The summed E-state index contributed by atoms with van der Waals surface area (Å²) in [5.41, 5.74) is 0. The fourth-order valence-corrected chi connectivity index (χ4v) is 2.59. The highest BCUT2D eigenvalue weighted by Gasteiger charge is 2.28. The highest BCUT2D eigenvalue weighted by molar-refractivity contribution is 5.87.